The molecule has 0 aliphatic carbocycles. The maximum Gasteiger partial charge on any atom is 0.243 e. The van der Waals surface area contributed by atoms with Crippen molar-refractivity contribution in [2.24, 2.45) is 0 Å². The minimum Gasteiger partial charge on any atom is -0.419 e. The second kappa shape index (κ2) is 8.53. The molecule has 29 heavy (non-hydrogen) atoms. The molecule has 2 atom stereocenters. The van der Waals surface area contributed by atoms with Crippen molar-refractivity contribution in [2.45, 2.75) is 44.8 Å². The highest BCUT2D eigenvalue weighted by Crippen LogP contribution is 2.31. The largest absolute Gasteiger partial charge is 0.419 e. The molecule has 1 aliphatic heterocycles. The van der Waals surface area contributed by atoms with Crippen LogP contribution in [0.15, 0.2) is 33.6 Å². The average molecular weight is 419 g/mol. The number of hydrogen-bond acceptors (Lipinski definition) is 7. The van der Waals surface area contributed by atoms with Crippen molar-refractivity contribution >= 4 is 15.9 Å². The van der Waals surface area contributed by atoms with Crippen LogP contribution in [0.1, 0.15) is 33.4 Å². The molecular formula is C20H26N4O4S. The number of anilines is 1. The van der Waals surface area contributed by atoms with Crippen LogP contribution in [0, 0.1) is 11.3 Å². The minimum absolute atomic E-state index is 0.0170. The van der Waals surface area contributed by atoms with Crippen molar-refractivity contribution in [1.29, 1.82) is 5.26 Å². The van der Waals surface area contributed by atoms with Crippen LogP contribution >= 0.6 is 0 Å². The van der Waals surface area contributed by atoms with Crippen molar-refractivity contribution in [2.75, 3.05) is 31.1 Å². The maximum absolute atomic E-state index is 12.6. The Balaban J connectivity index is 1.90. The van der Waals surface area contributed by atoms with Crippen molar-refractivity contribution < 1.29 is 17.6 Å². The molecule has 0 amide bonds. The summed E-state index contributed by atoms with van der Waals surface area (Å²) in [6, 6.07) is 8.47. The van der Waals surface area contributed by atoms with E-state index in [0.717, 1.165) is 0 Å². The lowest BCUT2D eigenvalue weighted by Gasteiger charge is -2.34. The third-order valence-electron chi connectivity index (χ3n) is 4.87. The molecular weight excluding hydrogens is 392 g/mol. The van der Waals surface area contributed by atoms with Crippen LogP contribution < -0.4 is 4.90 Å². The molecule has 8 nitrogen and oxygen atoms in total. The monoisotopic (exact) mass is 418 g/mol. The van der Waals surface area contributed by atoms with Crippen LogP contribution in [0.5, 0.6) is 0 Å². The number of hydrogen-bond donors (Lipinski definition) is 0. The van der Waals surface area contributed by atoms with Gasteiger partial charge in [-0.3, -0.25) is 0 Å². The lowest BCUT2D eigenvalue weighted by Crippen LogP contribution is -2.45. The van der Waals surface area contributed by atoms with Crippen LogP contribution in [-0.4, -0.2) is 56.1 Å². The number of rotatable bonds is 6. The molecule has 0 N–H and O–H groups in total. The van der Waals surface area contributed by atoms with E-state index < -0.39 is 10.0 Å². The summed E-state index contributed by atoms with van der Waals surface area (Å²) in [7, 11) is -3.53. The van der Waals surface area contributed by atoms with E-state index in [9.17, 15) is 13.7 Å². The first-order valence-electron chi connectivity index (χ1n) is 9.72. The zero-order valence-corrected chi connectivity index (χ0v) is 17.9. The van der Waals surface area contributed by atoms with Gasteiger partial charge < -0.3 is 14.1 Å². The number of nitrogens with zero attached hydrogens (tertiary/aromatic N) is 4. The summed E-state index contributed by atoms with van der Waals surface area (Å²) in [5.74, 6) is 0.708. The fourth-order valence-electron chi connectivity index (χ4n) is 3.55. The zero-order chi connectivity index (χ0) is 21.2. The summed E-state index contributed by atoms with van der Waals surface area (Å²) in [6.45, 7) is 9.59. The SMILES string of the molecule is CCN(CC)S(=O)(=O)c1ccc(-c2nc(C#N)c(N3C[C@@H](C)O[C@@H](C)C3)o2)cc1. The van der Waals surface area contributed by atoms with Crippen molar-refractivity contribution in [3.8, 4) is 17.5 Å². The molecule has 2 heterocycles. The predicted molar refractivity (Wildman–Crippen MR) is 109 cm³/mol. The normalized spacial score (nSPS) is 20.1. The number of aromatic nitrogens is 1. The van der Waals surface area contributed by atoms with Gasteiger partial charge in [-0.2, -0.15) is 14.6 Å². The van der Waals surface area contributed by atoms with Gasteiger partial charge in [0.15, 0.2) is 0 Å². The summed E-state index contributed by atoms with van der Waals surface area (Å²) in [4.78, 5) is 6.49. The number of nitriles is 1. The van der Waals surface area contributed by atoms with Crippen molar-refractivity contribution in [3.63, 3.8) is 0 Å². The van der Waals surface area contributed by atoms with E-state index in [-0.39, 0.29) is 28.7 Å². The topological polar surface area (TPSA) is 99.7 Å². The van der Waals surface area contributed by atoms with E-state index in [0.29, 0.717) is 37.6 Å². The summed E-state index contributed by atoms with van der Waals surface area (Å²) in [5.41, 5.74) is 0.821. The summed E-state index contributed by atoms with van der Waals surface area (Å²) in [6.07, 6.45) is 0.0341. The zero-order valence-electron chi connectivity index (χ0n) is 17.1. The molecule has 156 valence electrons. The molecule has 0 unspecified atom stereocenters. The molecule has 1 aromatic heterocycles. The number of benzene rings is 1. The Morgan fingerprint density at radius 1 is 1.17 bits per heavy atom. The average Bonchev–Trinajstić information content (AvgIpc) is 3.12. The number of oxazole rings is 1. The van der Waals surface area contributed by atoms with Crippen LogP contribution in [0.25, 0.3) is 11.5 Å². The van der Waals surface area contributed by atoms with Gasteiger partial charge in [0, 0.05) is 31.7 Å². The summed E-state index contributed by atoms with van der Waals surface area (Å²) >= 11 is 0. The maximum atomic E-state index is 12.6. The van der Waals surface area contributed by atoms with Gasteiger partial charge in [-0.25, -0.2) is 8.42 Å². The standard InChI is InChI=1S/C20H26N4O4S/c1-5-24(6-2)29(25,26)17-9-7-16(8-10-17)19-22-18(11-21)20(28-19)23-12-14(3)27-15(4)13-23/h7-10,14-15H,5-6,12-13H2,1-4H3/t14-,15+. The molecule has 1 saturated heterocycles. The molecule has 1 aromatic carbocycles. The van der Waals surface area contributed by atoms with Crippen molar-refractivity contribution in [3.05, 3.63) is 30.0 Å². The van der Waals surface area contributed by atoms with Gasteiger partial charge in [0.25, 0.3) is 0 Å². The smallest absolute Gasteiger partial charge is 0.243 e. The van der Waals surface area contributed by atoms with Gasteiger partial charge in [-0.05, 0) is 38.1 Å². The van der Waals surface area contributed by atoms with E-state index in [4.69, 9.17) is 9.15 Å². The molecule has 0 saturated carbocycles. The van der Waals surface area contributed by atoms with Gasteiger partial charge in [0.2, 0.25) is 27.5 Å². The summed E-state index contributed by atoms with van der Waals surface area (Å²) in [5, 5.41) is 9.49. The molecule has 3 rings (SSSR count). The highest BCUT2D eigenvalue weighted by Gasteiger charge is 2.28. The van der Waals surface area contributed by atoms with Gasteiger partial charge >= 0.3 is 0 Å². The molecule has 0 spiro atoms. The van der Waals surface area contributed by atoms with Gasteiger partial charge in [0.05, 0.1) is 17.1 Å². The quantitative estimate of drug-likeness (QED) is 0.711. The first kappa shape index (κ1) is 21.3. The predicted octanol–water partition coefficient (Wildman–Crippen LogP) is 2.86. The Labute approximate surface area is 171 Å². The fourth-order valence-corrected chi connectivity index (χ4v) is 5.01. The van der Waals surface area contributed by atoms with E-state index >= 15 is 0 Å². The van der Waals surface area contributed by atoms with Crippen LogP contribution in [0.3, 0.4) is 0 Å². The Hall–Kier alpha value is -2.41. The van der Waals surface area contributed by atoms with E-state index in [2.05, 4.69) is 11.1 Å². The molecule has 1 aliphatic rings. The lowest BCUT2D eigenvalue weighted by molar-refractivity contribution is -0.00638. The van der Waals surface area contributed by atoms with Gasteiger partial charge in [0.1, 0.15) is 6.07 Å². The van der Waals surface area contributed by atoms with Crippen LogP contribution in [-0.2, 0) is 14.8 Å². The molecule has 9 heteroatoms. The molecule has 2 aromatic rings. The summed E-state index contributed by atoms with van der Waals surface area (Å²) < 4.78 is 38.3. The van der Waals surface area contributed by atoms with Gasteiger partial charge in [-0.1, -0.05) is 13.8 Å². The van der Waals surface area contributed by atoms with Gasteiger partial charge in [-0.15, -0.1) is 0 Å². The second-order valence-electron chi connectivity index (χ2n) is 7.06. The Kier molecular flexibility index (Phi) is 6.27. The molecule has 1 fully saturated rings. The molecule has 0 radical (unpaired) electrons. The highest BCUT2D eigenvalue weighted by molar-refractivity contribution is 7.89. The van der Waals surface area contributed by atoms with E-state index in [1.54, 1.807) is 26.0 Å². The Morgan fingerprint density at radius 2 is 1.76 bits per heavy atom. The number of ether oxygens (including phenoxy) is 1. The Morgan fingerprint density at radius 3 is 2.28 bits per heavy atom. The lowest BCUT2D eigenvalue weighted by atomic mass is 10.2. The second-order valence-corrected chi connectivity index (χ2v) is 9.00. The first-order chi connectivity index (χ1) is 13.8. The van der Waals surface area contributed by atoms with Crippen LogP contribution in [0.4, 0.5) is 5.88 Å². The highest BCUT2D eigenvalue weighted by atomic mass is 32.2. The van der Waals surface area contributed by atoms with E-state index in [1.165, 1.54) is 16.4 Å². The Bertz CT molecular complexity index is 980. The number of morpholine rings is 1. The van der Waals surface area contributed by atoms with Crippen LogP contribution in [0.2, 0.25) is 0 Å². The first-order valence-corrected chi connectivity index (χ1v) is 11.2. The number of sulfonamides is 1. The fraction of sp³-hybridized carbons (Fsp3) is 0.500. The molecule has 0 bridgehead atoms. The van der Waals surface area contributed by atoms with E-state index in [1.807, 2.05) is 18.7 Å². The third kappa shape index (κ3) is 4.29. The van der Waals surface area contributed by atoms with Crippen molar-refractivity contribution in [1.82, 2.24) is 9.29 Å². The minimum atomic E-state index is -3.53. The third-order valence-corrected chi connectivity index (χ3v) is 6.93.